The maximum atomic E-state index is 12.5. The summed E-state index contributed by atoms with van der Waals surface area (Å²) in [7, 11) is 1.60. The number of hydrogen-bond donors (Lipinski definition) is 2. The zero-order valence-corrected chi connectivity index (χ0v) is 12.9. The SMILES string of the molecule is COc1cccc(Cl)c1CNC(=O)C1C2CCC(C2)C1N. The first-order valence-electron chi connectivity index (χ1n) is 7.46. The molecule has 2 bridgehead atoms. The van der Waals surface area contributed by atoms with Crippen molar-refractivity contribution in [3.63, 3.8) is 0 Å². The molecule has 2 saturated carbocycles. The number of benzene rings is 1. The number of carbonyl (C=O) groups is 1. The van der Waals surface area contributed by atoms with E-state index in [0.717, 1.165) is 18.4 Å². The van der Waals surface area contributed by atoms with Gasteiger partial charge in [0.1, 0.15) is 5.75 Å². The number of methoxy groups -OCH3 is 1. The van der Waals surface area contributed by atoms with Crippen molar-refractivity contribution in [3.8, 4) is 5.75 Å². The molecule has 1 amide bonds. The van der Waals surface area contributed by atoms with Crippen LogP contribution in [0, 0.1) is 17.8 Å². The highest BCUT2D eigenvalue weighted by Crippen LogP contribution is 2.47. The Morgan fingerprint density at radius 1 is 1.43 bits per heavy atom. The first-order chi connectivity index (χ1) is 10.1. The molecule has 0 aromatic heterocycles. The van der Waals surface area contributed by atoms with Crippen molar-refractivity contribution in [2.24, 2.45) is 23.5 Å². The van der Waals surface area contributed by atoms with Crippen molar-refractivity contribution >= 4 is 17.5 Å². The number of carbonyl (C=O) groups excluding carboxylic acids is 1. The smallest absolute Gasteiger partial charge is 0.225 e. The van der Waals surface area contributed by atoms with Crippen LogP contribution in [-0.2, 0) is 11.3 Å². The number of rotatable bonds is 4. The van der Waals surface area contributed by atoms with Crippen molar-refractivity contribution < 1.29 is 9.53 Å². The molecular weight excluding hydrogens is 288 g/mol. The van der Waals surface area contributed by atoms with E-state index in [0.29, 0.717) is 29.2 Å². The van der Waals surface area contributed by atoms with Crippen molar-refractivity contribution in [2.75, 3.05) is 7.11 Å². The number of ether oxygens (including phenoxy) is 1. The van der Waals surface area contributed by atoms with Gasteiger partial charge in [0.15, 0.2) is 0 Å². The monoisotopic (exact) mass is 308 g/mol. The van der Waals surface area contributed by atoms with Crippen molar-refractivity contribution in [1.82, 2.24) is 5.32 Å². The van der Waals surface area contributed by atoms with Crippen molar-refractivity contribution in [1.29, 1.82) is 0 Å². The fourth-order valence-corrected chi connectivity index (χ4v) is 4.15. The zero-order chi connectivity index (χ0) is 15.0. The molecular formula is C16H21ClN2O2. The first-order valence-corrected chi connectivity index (χ1v) is 7.84. The molecule has 2 fully saturated rings. The Labute approximate surface area is 130 Å². The minimum atomic E-state index is -0.0442. The van der Waals surface area contributed by atoms with Crippen LogP contribution in [0.2, 0.25) is 5.02 Å². The summed E-state index contributed by atoms with van der Waals surface area (Å²) in [6.45, 7) is 0.377. The van der Waals surface area contributed by atoms with Gasteiger partial charge in [0, 0.05) is 23.2 Å². The van der Waals surface area contributed by atoms with E-state index >= 15 is 0 Å². The Morgan fingerprint density at radius 2 is 2.19 bits per heavy atom. The standard InChI is InChI=1S/C16H21ClN2O2/c1-21-13-4-2-3-12(17)11(13)8-19-16(20)14-9-5-6-10(7-9)15(14)18/h2-4,9-10,14-15H,5-8,18H2,1H3,(H,19,20). The molecule has 5 heteroatoms. The number of amides is 1. The van der Waals surface area contributed by atoms with Crippen LogP contribution in [0.3, 0.4) is 0 Å². The highest BCUT2D eigenvalue weighted by molar-refractivity contribution is 6.31. The zero-order valence-electron chi connectivity index (χ0n) is 12.1. The molecule has 0 aliphatic heterocycles. The van der Waals surface area contributed by atoms with E-state index in [1.54, 1.807) is 13.2 Å². The van der Waals surface area contributed by atoms with Gasteiger partial charge in [-0.3, -0.25) is 4.79 Å². The lowest BCUT2D eigenvalue weighted by Gasteiger charge is -2.27. The topological polar surface area (TPSA) is 64.3 Å². The fraction of sp³-hybridized carbons (Fsp3) is 0.562. The second-order valence-electron chi connectivity index (χ2n) is 6.07. The van der Waals surface area contributed by atoms with Crippen LogP contribution in [0.1, 0.15) is 24.8 Å². The molecule has 1 aromatic rings. The van der Waals surface area contributed by atoms with Crippen LogP contribution in [0.15, 0.2) is 18.2 Å². The summed E-state index contributed by atoms with van der Waals surface area (Å²) in [5, 5.41) is 3.59. The quantitative estimate of drug-likeness (QED) is 0.897. The molecule has 1 aromatic carbocycles. The molecule has 114 valence electrons. The molecule has 2 aliphatic carbocycles. The Hall–Kier alpha value is -1.26. The second-order valence-corrected chi connectivity index (χ2v) is 6.48. The Balaban J connectivity index is 1.67. The normalized spacial score (nSPS) is 30.4. The molecule has 3 rings (SSSR count). The summed E-state index contributed by atoms with van der Waals surface area (Å²) in [4.78, 5) is 12.5. The van der Waals surface area contributed by atoms with Crippen LogP contribution in [0.5, 0.6) is 5.75 Å². The maximum Gasteiger partial charge on any atom is 0.225 e. The predicted octanol–water partition coefficient (Wildman–Crippen LogP) is 2.34. The van der Waals surface area contributed by atoms with Gasteiger partial charge in [0.2, 0.25) is 5.91 Å². The van der Waals surface area contributed by atoms with Crippen molar-refractivity contribution in [3.05, 3.63) is 28.8 Å². The molecule has 0 spiro atoms. The lowest BCUT2D eigenvalue weighted by molar-refractivity contribution is -0.127. The number of hydrogen-bond acceptors (Lipinski definition) is 3. The molecule has 4 nitrogen and oxygen atoms in total. The van der Waals surface area contributed by atoms with Gasteiger partial charge in [-0.2, -0.15) is 0 Å². The van der Waals surface area contributed by atoms with Crippen molar-refractivity contribution in [2.45, 2.75) is 31.8 Å². The van der Waals surface area contributed by atoms with Crippen LogP contribution >= 0.6 is 11.6 Å². The van der Waals surface area contributed by atoms with Crippen LogP contribution in [0.25, 0.3) is 0 Å². The highest BCUT2D eigenvalue weighted by Gasteiger charge is 2.48. The Morgan fingerprint density at radius 3 is 2.86 bits per heavy atom. The molecule has 0 radical (unpaired) electrons. The molecule has 0 saturated heterocycles. The average Bonchev–Trinajstić information content (AvgIpc) is 3.06. The van der Waals surface area contributed by atoms with E-state index in [-0.39, 0.29) is 17.9 Å². The number of fused-ring (bicyclic) bond motifs is 2. The molecule has 4 unspecified atom stereocenters. The van der Waals surface area contributed by atoms with Crippen LogP contribution < -0.4 is 15.8 Å². The van der Waals surface area contributed by atoms with Gasteiger partial charge in [-0.1, -0.05) is 17.7 Å². The summed E-state index contributed by atoms with van der Waals surface area (Å²) >= 11 is 6.19. The van der Waals surface area contributed by atoms with E-state index in [4.69, 9.17) is 22.1 Å². The van der Waals surface area contributed by atoms with Gasteiger partial charge in [-0.15, -0.1) is 0 Å². The van der Waals surface area contributed by atoms with Gasteiger partial charge in [-0.25, -0.2) is 0 Å². The average molecular weight is 309 g/mol. The summed E-state index contributed by atoms with van der Waals surface area (Å²) < 4.78 is 5.29. The number of halogens is 1. The largest absolute Gasteiger partial charge is 0.496 e. The van der Waals surface area contributed by atoms with E-state index in [1.165, 1.54) is 6.42 Å². The first kappa shape index (κ1) is 14.7. The Bertz CT molecular complexity index is 547. The summed E-state index contributed by atoms with van der Waals surface area (Å²) in [6, 6.07) is 5.49. The third-order valence-corrected chi connectivity index (χ3v) is 5.37. The molecule has 0 heterocycles. The third-order valence-electron chi connectivity index (χ3n) is 5.02. The summed E-state index contributed by atoms with van der Waals surface area (Å²) in [5.74, 6) is 1.69. The van der Waals surface area contributed by atoms with Gasteiger partial charge in [0.25, 0.3) is 0 Å². The number of nitrogens with one attached hydrogen (secondary N) is 1. The number of nitrogens with two attached hydrogens (primary N) is 1. The molecule has 2 aliphatic rings. The maximum absolute atomic E-state index is 12.5. The second kappa shape index (κ2) is 5.85. The predicted molar refractivity (Wildman–Crippen MR) is 82.1 cm³/mol. The highest BCUT2D eigenvalue weighted by atomic mass is 35.5. The van der Waals surface area contributed by atoms with E-state index in [2.05, 4.69) is 5.32 Å². The minimum Gasteiger partial charge on any atom is -0.496 e. The van der Waals surface area contributed by atoms with E-state index < -0.39 is 0 Å². The van der Waals surface area contributed by atoms with Crippen LogP contribution in [0.4, 0.5) is 0 Å². The third kappa shape index (κ3) is 2.62. The fourth-order valence-electron chi connectivity index (χ4n) is 3.92. The molecule has 3 N–H and O–H groups in total. The Kier molecular flexibility index (Phi) is 4.09. The molecule has 21 heavy (non-hydrogen) atoms. The van der Waals surface area contributed by atoms with Gasteiger partial charge < -0.3 is 15.8 Å². The minimum absolute atomic E-state index is 0.0110. The van der Waals surface area contributed by atoms with Gasteiger partial charge >= 0.3 is 0 Å². The lowest BCUT2D eigenvalue weighted by atomic mass is 9.84. The van der Waals surface area contributed by atoms with Crippen LogP contribution in [-0.4, -0.2) is 19.1 Å². The lowest BCUT2D eigenvalue weighted by Crippen LogP contribution is -2.45. The summed E-state index contributed by atoms with van der Waals surface area (Å²) in [5.41, 5.74) is 7.02. The van der Waals surface area contributed by atoms with Gasteiger partial charge in [0.05, 0.1) is 13.0 Å². The molecule has 4 atom stereocenters. The van der Waals surface area contributed by atoms with Gasteiger partial charge in [-0.05, 0) is 43.2 Å². The van der Waals surface area contributed by atoms with E-state index in [9.17, 15) is 4.79 Å². The summed E-state index contributed by atoms with van der Waals surface area (Å²) in [6.07, 6.45) is 3.41. The van der Waals surface area contributed by atoms with E-state index in [1.807, 2.05) is 12.1 Å².